The molecule has 0 aliphatic carbocycles. The number of rotatable bonds is 2. The number of aryl methyl sites for hydroxylation is 2. The first kappa shape index (κ1) is 12.9. The van der Waals surface area contributed by atoms with Crippen LogP contribution in [0.5, 0.6) is 0 Å². The smallest absolute Gasteiger partial charge is 0.310 e. The summed E-state index contributed by atoms with van der Waals surface area (Å²) < 4.78 is 4.87. The summed E-state index contributed by atoms with van der Waals surface area (Å²) in [4.78, 5) is 14.0. The van der Waals surface area contributed by atoms with E-state index < -0.39 is 0 Å². The van der Waals surface area contributed by atoms with Gasteiger partial charge in [-0.25, -0.2) is 0 Å². The summed E-state index contributed by atoms with van der Waals surface area (Å²) in [5.41, 5.74) is 3.84. The van der Waals surface area contributed by atoms with Crippen LogP contribution in [0.15, 0.2) is 18.2 Å². The average molecular weight is 247 g/mol. The van der Waals surface area contributed by atoms with Gasteiger partial charge in [-0.3, -0.25) is 4.79 Å². The van der Waals surface area contributed by atoms with E-state index >= 15 is 0 Å². The Morgan fingerprint density at radius 1 is 1.33 bits per heavy atom. The highest BCUT2D eigenvalue weighted by atomic mass is 16.5. The summed E-state index contributed by atoms with van der Waals surface area (Å²) in [7, 11) is 1.47. The van der Waals surface area contributed by atoms with E-state index in [1.807, 2.05) is 0 Å². The van der Waals surface area contributed by atoms with Crippen molar-refractivity contribution in [1.82, 2.24) is 0 Å². The minimum absolute atomic E-state index is 0.0164. The Morgan fingerprint density at radius 3 is 2.61 bits per heavy atom. The number of nitrogens with zero attached hydrogens (tertiary/aromatic N) is 1. The molecule has 0 amide bonds. The summed E-state index contributed by atoms with van der Waals surface area (Å²) in [6.07, 6.45) is 1.99. The highest BCUT2D eigenvalue weighted by molar-refractivity contribution is 5.74. The van der Waals surface area contributed by atoms with Crippen molar-refractivity contribution in [2.75, 3.05) is 25.1 Å². The fraction of sp³-hybridized carbons (Fsp3) is 0.533. The Morgan fingerprint density at radius 2 is 2.00 bits per heavy atom. The molecule has 18 heavy (non-hydrogen) atoms. The third-order valence-electron chi connectivity index (χ3n) is 3.71. The molecule has 1 aromatic carbocycles. The highest BCUT2D eigenvalue weighted by Crippen LogP contribution is 2.29. The molecule has 0 spiro atoms. The SMILES string of the molecule is COC(=O)C1CCCN(c2c(C)cccc2C)C1. The molecule has 98 valence electrons. The largest absolute Gasteiger partial charge is 0.469 e. The lowest BCUT2D eigenvalue weighted by molar-refractivity contribution is -0.145. The molecular formula is C15H21NO2. The summed E-state index contributed by atoms with van der Waals surface area (Å²) in [6, 6.07) is 6.34. The quantitative estimate of drug-likeness (QED) is 0.753. The van der Waals surface area contributed by atoms with Crippen LogP contribution in [0.25, 0.3) is 0 Å². The van der Waals surface area contributed by atoms with Crippen LogP contribution in [0.4, 0.5) is 5.69 Å². The molecule has 0 aromatic heterocycles. The first-order valence-corrected chi connectivity index (χ1v) is 6.52. The maximum atomic E-state index is 11.7. The van der Waals surface area contributed by atoms with Crippen LogP contribution in [-0.4, -0.2) is 26.2 Å². The molecule has 3 heteroatoms. The Kier molecular flexibility index (Phi) is 3.90. The molecule has 0 saturated carbocycles. The molecule has 1 aliphatic rings. The van der Waals surface area contributed by atoms with E-state index in [9.17, 15) is 4.79 Å². The van der Waals surface area contributed by atoms with Gasteiger partial charge in [0.25, 0.3) is 0 Å². The Labute approximate surface area is 109 Å². The maximum Gasteiger partial charge on any atom is 0.310 e. The van der Waals surface area contributed by atoms with E-state index in [0.717, 1.165) is 25.9 Å². The van der Waals surface area contributed by atoms with Gasteiger partial charge in [-0.2, -0.15) is 0 Å². The molecule has 1 heterocycles. The zero-order chi connectivity index (χ0) is 13.1. The van der Waals surface area contributed by atoms with Gasteiger partial charge in [-0.15, -0.1) is 0 Å². The minimum atomic E-state index is -0.0778. The van der Waals surface area contributed by atoms with E-state index in [2.05, 4.69) is 36.9 Å². The number of benzene rings is 1. The van der Waals surface area contributed by atoms with Crippen LogP contribution in [0.1, 0.15) is 24.0 Å². The number of esters is 1. The van der Waals surface area contributed by atoms with E-state index in [1.54, 1.807) is 0 Å². The van der Waals surface area contributed by atoms with Crippen LogP contribution in [0, 0.1) is 19.8 Å². The molecule has 2 rings (SSSR count). The zero-order valence-electron chi connectivity index (χ0n) is 11.4. The molecule has 1 atom stereocenters. The number of piperidine rings is 1. The summed E-state index contributed by atoms with van der Waals surface area (Å²) in [5, 5.41) is 0. The molecule has 0 radical (unpaired) electrons. The second kappa shape index (κ2) is 5.42. The van der Waals surface area contributed by atoms with Gasteiger partial charge in [0, 0.05) is 18.8 Å². The monoisotopic (exact) mass is 247 g/mol. The standard InChI is InChI=1S/C15H21NO2/c1-11-6-4-7-12(2)14(11)16-9-5-8-13(10-16)15(17)18-3/h4,6-7,13H,5,8-10H2,1-3H3. The van der Waals surface area contributed by atoms with Gasteiger partial charge >= 0.3 is 5.97 Å². The molecule has 0 N–H and O–H groups in total. The van der Waals surface area contributed by atoms with Crippen molar-refractivity contribution in [2.45, 2.75) is 26.7 Å². The fourth-order valence-electron chi connectivity index (χ4n) is 2.84. The lowest BCUT2D eigenvalue weighted by Gasteiger charge is -2.35. The van der Waals surface area contributed by atoms with Crippen molar-refractivity contribution in [2.24, 2.45) is 5.92 Å². The van der Waals surface area contributed by atoms with Gasteiger partial charge in [0.05, 0.1) is 13.0 Å². The zero-order valence-corrected chi connectivity index (χ0v) is 11.4. The van der Waals surface area contributed by atoms with Gasteiger partial charge in [0.2, 0.25) is 0 Å². The first-order valence-electron chi connectivity index (χ1n) is 6.52. The van der Waals surface area contributed by atoms with Crippen LogP contribution in [0.3, 0.4) is 0 Å². The number of methoxy groups -OCH3 is 1. The third kappa shape index (κ3) is 2.50. The van der Waals surface area contributed by atoms with Crippen LogP contribution in [-0.2, 0) is 9.53 Å². The molecular weight excluding hydrogens is 226 g/mol. The van der Waals surface area contributed by atoms with E-state index in [4.69, 9.17) is 4.74 Å². The van der Waals surface area contributed by atoms with Crippen molar-refractivity contribution in [1.29, 1.82) is 0 Å². The predicted octanol–water partition coefficient (Wildman–Crippen LogP) is 2.69. The molecule has 0 bridgehead atoms. The number of carbonyl (C=O) groups is 1. The number of anilines is 1. The van der Waals surface area contributed by atoms with Gasteiger partial charge in [-0.05, 0) is 37.8 Å². The molecule has 1 aliphatic heterocycles. The number of para-hydroxylation sites is 1. The Hall–Kier alpha value is -1.51. The van der Waals surface area contributed by atoms with Crippen molar-refractivity contribution >= 4 is 11.7 Å². The van der Waals surface area contributed by atoms with E-state index in [-0.39, 0.29) is 11.9 Å². The Balaban J connectivity index is 2.21. The van der Waals surface area contributed by atoms with Gasteiger partial charge in [0.15, 0.2) is 0 Å². The predicted molar refractivity (Wildman–Crippen MR) is 72.9 cm³/mol. The number of hydrogen-bond donors (Lipinski definition) is 0. The average Bonchev–Trinajstić information content (AvgIpc) is 2.38. The van der Waals surface area contributed by atoms with E-state index in [0.29, 0.717) is 0 Å². The number of ether oxygens (including phenoxy) is 1. The summed E-state index contributed by atoms with van der Waals surface area (Å²) in [6.45, 7) is 6.06. The molecule has 1 unspecified atom stereocenters. The van der Waals surface area contributed by atoms with Crippen molar-refractivity contribution < 1.29 is 9.53 Å². The number of hydrogen-bond acceptors (Lipinski definition) is 3. The second-order valence-electron chi connectivity index (χ2n) is 5.05. The normalized spacial score (nSPS) is 19.7. The minimum Gasteiger partial charge on any atom is -0.469 e. The summed E-state index contributed by atoms with van der Waals surface area (Å²) in [5.74, 6) is -0.0614. The van der Waals surface area contributed by atoms with Crippen LogP contribution < -0.4 is 4.90 Å². The van der Waals surface area contributed by atoms with Crippen LogP contribution >= 0.6 is 0 Å². The van der Waals surface area contributed by atoms with Gasteiger partial charge in [0.1, 0.15) is 0 Å². The number of carbonyl (C=O) groups excluding carboxylic acids is 1. The molecule has 3 nitrogen and oxygen atoms in total. The molecule has 1 fully saturated rings. The second-order valence-corrected chi connectivity index (χ2v) is 5.05. The van der Waals surface area contributed by atoms with Crippen molar-refractivity contribution in [3.63, 3.8) is 0 Å². The molecule has 1 saturated heterocycles. The van der Waals surface area contributed by atoms with Crippen molar-refractivity contribution in [3.05, 3.63) is 29.3 Å². The van der Waals surface area contributed by atoms with Crippen LogP contribution in [0.2, 0.25) is 0 Å². The summed E-state index contributed by atoms with van der Waals surface area (Å²) >= 11 is 0. The topological polar surface area (TPSA) is 29.5 Å². The Bertz CT molecular complexity index is 422. The third-order valence-corrected chi connectivity index (χ3v) is 3.71. The first-order chi connectivity index (χ1) is 8.63. The van der Waals surface area contributed by atoms with Crippen molar-refractivity contribution in [3.8, 4) is 0 Å². The highest BCUT2D eigenvalue weighted by Gasteiger charge is 2.27. The molecule has 1 aromatic rings. The van der Waals surface area contributed by atoms with Gasteiger partial charge < -0.3 is 9.64 Å². The lowest BCUT2D eigenvalue weighted by Crippen LogP contribution is -2.39. The van der Waals surface area contributed by atoms with E-state index in [1.165, 1.54) is 23.9 Å². The maximum absolute atomic E-state index is 11.7. The fourth-order valence-corrected chi connectivity index (χ4v) is 2.84. The van der Waals surface area contributed by atoms with Gasteiger partial charge in [-0.1, -0.05) is 18.2 Å². The lowest BCUT2D eigenvalue weighted by atomic mass is 9.96.